The lowest BCUT2D eigenvalue weighted by atomic mass is 10.1. The van der Waals surface area contributed by atoms with Gasteiger partial charge in [0.1, 0.15) is 17.6 Å². The molecule has 2 aromatic rings. The van der Waals surface area contributed by atoms with Crippen molar-refractivity contribution < 1.29 is 28.8 Å². The quantitative estimate of drug-likeness (QED) is 0.588. The summed E-state index contributed by atoms with van der Waals surface area (Å²) in [6.45, 7) is 1.11. The molecule has 0 aromatic heterocycles. The van der Waals surface area contributed by atoms with E-state index in [-0.39, 0.29) is 25.2 Å². The fourth-order valence-electron chi connectivity index (χ4n) is 3.25. The normalized spacial score (nSPS) is 16.9. The molecule has 162 valence electrons. The van der Waals surface area contributed by atoms with Crippen LogP contribution in [-0.2, 0) is 22.6 Å². The van der Waals surface area contributed by atoms with E-state index in [1.807, 2.05) is 12.1 Å². The molecule has 2 unspecified atom stereocenters. The van der Waals surface area contributed by atoms with Crippen LogP contribution in [0.1, 0.15) is 34.3 Å². The molecule has 0 saturated carbocycles. The Morgan fingerprint density at radius 2 is 2.10 bits per heavy atom. The zero-order valence-corrected chi connectivity index (χ0v) is 17.8. The minimum Gasteiger partial charge on any atom is -0.497 e. The number of carbonyl (C=O) groups excluding carboxylic acids is 1. The number of nitrogens with one attached hydrogen (secondary N) is 1. The molecule has 0 aliphatic carbocycles. The molecule has 1 saturated heterocycles. The lowest BCUT2D eigenvalue weighted by Gasteiger charge is -2.18. The molecule has 0 radical (unpaired) electrons. The highest BCUT2D eigenvalue weighted by Crippen LogP contribution is 2.24. The molecule has 1 amide bonds. The third kappa shape index (κ3) is 5.64. The van der Waals surface area contributed by atoms with Gasteiger partial charge in [-0.15, -0.1) is 0 Å². The number of amides is 1. The summed E-state index contributed by atoms with van der Waals surface area (Å²) in [5, 5.41) is 13.3. The van der Waals surface area contributed by atoms with Gasteiger partial charge in [0, 0.05) is 18.7 Å². The Balaban J connectivity index is 1.62. The zero-order chi connectivity index (χ0) is 21.5. The summed E-state index contributed by atoms with van der Waals surface area (Å²) in [5.41, 5.74) is 1.98. The number of aliphatic hydroxyl groups excluding tert-OH is 1. The van der Waals surface area contributed by atoms with E-state index in [1.54, 1.807) is 31.4 Å². The highest BCUT2D eigenvalue weighted by atomic mass is 35.5. The van der Waals surface area contributed by atoms with Crippen LogP contribution < -0.4 is 14.8 Å². The van der Waals surface area contributed by atoms with Gasteiger partial charge in [-0.1, -0.05) is 17.7 Å². The molecule has 1 aliphatic heterocycles. The molecule has 1 heterocycles. The third-order valence-electron chi connectivity index (χ3n) is 4.91. The van der Waals surface area contributed by atoms with Crippen LogP contribution in [0.4, 0.5) is 0 Å². The molecule has 2 N–H and O–H groups in total. The topological polar surface area (TPSA) is 86.3 Å². The molecule has 3 rings (SSSR count). The largest absolute Gasteiger partial charge is 0.497 e. The van der Waals surface area contributed by atoms with Gasteiger partial charge in [0.05, 0.1) is 31.4 Å². The van der Waals surface area contributed by atoms with Crippen molar-refractivity contribution in [3.05, 3.63) is 58.1 Å². The number of hydrogen-bond donors (Lipinski definition) is 2. The van der Waals surface area contributed by atoms with E-state index in [9.17, 15) is 9.90 Å². The second-order valence-electron chi connectivity index (χ2n) is 6.93. The number of halogens is 1. The predicted octanol–water partition coefficient (Wildman–Crippen LogP) is 3.30. The SMILES string of the molecule is COc1ccc(C(=O)NCc2cc(COC(O)C3CCCO3)ccc2OC)c(Cl)c1. The number of methoxy groups -OCH3 is 2. The summed E-state index contributed by atoms with van der Waals surface area (Å²) in [6, 6.07) is 10.4. The maximum atomic E-state index is 12.5. The Kier molecular flexibility index (Phi) is 7.93. The first-order valence-corrected chi connectivity index (χ1v) is 10.1. The average Bonchev–Trinajstić information content (AvgIpc) is 3.30. The van der Waals surface area contributed by atoms with Crippen LogP contribution >= 0.6 is 11.6 Å². The molecule has 2 aromatic carbocycles. The Morgan fingerprint density at radius 3 is 2.77 bits per heavy atom. The van der Waals surface area contributed by atoms with Crippen LogP contribution in [0.25, 0.3) is 0 Å². The van der Waals surface area contributed by atoms with Gasteiger partial charge in [0.25, 0.3) is 5.91 Å². The summed E-state index contributed by atoms with van der Waals surface area (Å²) in [6.07, 6.45) is 0.469. The smallest absolute Gasteiger partial charge is 0.253 e. The highest BCUT2D eigenvalue weighted by Gasteiger charge is 2.24. The van der Waals surface area contributed by atoms with E-state index in [0.29, 0.717) is 28.7 Å². The van der Waals surface area contributed by atoms with Crippen molar-refractivity contribution in [3.8, 4) is 11.5 Å². The van der Waals surface area contributed by atoms with Gasteiger partial charge >= 0.3 is 0 Å². The molecule has 0 bridgehead atoms. The number of aliphatic hydroxyl groups is 1. The van der Waals surface area contributed by atoms with Gasteiger partial charge in [-0.3, -0.25) is 4.79 Å². The fraction of sp³-hybridized carbons (Fsp3) is 0.409. The number of hydrogen-bond acceptors (Lipinski definition) is 6. The van der Waals surface area contributed by atoms with Gasteiger partial charge in [0.2, 0.25) is 0 Å². The van der Waals surface area contributed by atoms with Crippen molar-refractivity contribution in [1.29, 1.82) is 0 Å². The van der Waals surface area contributed by atoms with E-state index >= 15 is 0 Å². The Labute approximate surface area is 180 Å². The standard InChI is InChI=1S/C22H26ClNO6/c1-27-16-6-7-17(18(23)11-16)21(25)24-12-15-10-14(5-8-19(15)28-2)13-30-22(26)20-4-3-9-29-20/h5-8,10-11,20,22,26H,3-4,9,12-13H2,1-2H3,(H,24,25). The lowest BCUT2D eigenvalue weighted by Crippen LogP contribution is -2.27. The highest BCUT2D eigenvalue weighted by molar-refractivity contribution is 6.34. The van der Waals surface area contributed by atoms with Gasteiger partial charge in [-0.05, 0) is 48.7 Å². The fourth-order valence-corrected chi connectivity index (χ4v) is 3.51. The lowest BCUT2D eigenvalue weighted by molar-refractivity contribution is -0.171. The molecule has 8 heteroatoms. The van der Waals surface area contributed by atoms with Crippen LogP contribution in [0.3, 0.4) is 0 Å². The van der Waals surface area contributed by atoms with Gasteiger partial charge < -0.3 is 29.4 Å². The van der Waals surface area contributed by atoms with Crippen LogP contribution in [0.2, 0.25) is 5.02 Å². The number of rotatable bonds is 9. The summed E-state index contributed by atoms with van der Waals surface area (Å²) in [7, 11) is 3.10. The molecule has 2 atom stereocenters. The Morgan fingerprint density at radius 1 is 1.27 bits per heavy atom. The van der Waals surface area contributed by atoms with E-state index in [1.165, 1.54) is 7.11 Å². The van der Waals surface area contributed by atoms with Crippen molar-refractivity contribution >= 4 is 17.5 Å². The maximum absolute atomic E-state index is 12.5. The molecule has 1 aliphatic rings. The summed E-state index contributed by atoms with van der Waals surface area (Å²) >= 11 is 6.18. The van der Waals surface area contributed by atoms with Crippen molar-refractivity contribution in [2.24, 2.45) is 0 Å². The number of carbonyl (C=O) groups is 1. The molecule has 1 fully saturated rings. The minimum atomic E-state index is -0.963. The van der Waals surface area contributed by atoms with Crippen molar-refractivity contribution in [1.82, 2.24) is 5.32 Å². The molecular formula is C22H26ClNO6. The van der Waals surface area contributed by atoms with E-state index in [0.717, 1.165) is 24.0 Å². The van der Waals surface area contributed by atoms with E-state index in [2.05, 4.69) is 5.32 Å². The van der Waals surface area contributed by atoms with Crippen LogP contribution in [0.5, 0.6) is 11.5 Å². The Bertz CT molecular complexity index is 869. The van der Waals surface area contributed by atoms with Crippen LogP contribution in [0, 0.1) is 0 Å². The summed E-state index contributed by atoms with van der Waals surface area (Å²) in [4.78, 5) is 12.5. The zero-order valence-electron chi connectivity index (χ0n) is 17.0. The van der Waals surface area contributed by atoms with Crippen molar-refractivity contribution in [3.63, 3.8) is 0 Å². The van der Waals surface area contributed by atoms with Crippen molar-refractivity contribution in [2.75, 3.05) is 20.8 Å². The first-order valence-electron chi connectivity index (χ1n) is 9.70. The molecule has 0 spiro atoms. The monoisotopic (exact) mass is 435 g/mol. The molecule has 7 nitrogen and oxygen atoms in total. The maximum Gasteiger partial charge on any atom is 0.253 e. The molecular weight excluding hydrogens is 410 g/mol. The number of benzene rings is 2. The first kappa shape index (κ1) is 22.4. The van der Waals surface area contributed by atoms with Crippen LogP contribution in [-0.4, -0.2) is 44.2 Å². The van der Waals surface area contributed by atoms with Crippen LogP contribution in [0.15, 0.2) is 36.4 Å². The first-order chi connectivity index (χ1) is 14.5. The van der Waals surface area contributed by atoms with Gasteiger partial charge in [-0.25, -0.2) is 0 Å². The van der Waals surface area contributed by atoms with Gasteiger partial charge in [-0.2, -0.15) is 0 Å². The summed E-state index contributed by atoms with van der Waals surface area (Å²) < 4.78 is 21.5. The Hall–Kier alpha value is -2.32. The van der Waals surface area contributed by atoms with E-state index < -0.39 is 6.29 Å². The van der Waals surface area contributed by atoms with E-state index in [4.69, 9.17) is 30.5 Å². The minimum absolute atomic E-state index is 0.219. The molecule has 30 heavy (non-hydrogen) atoms. The average molecular weight is 436 g/mol. The number of ether oxygens (including phenoxy) is 4. The second kappa shape index (κ2) is 10.6. The second-order valence-corrected chi connectivity index (χ2v) is 7.33. The third-order valence-corrected chi connectivity index (χ3v) is 5.22. The van der Waals surface area contributed by atoms with Gasteiger partial charge in [0.15, 0.2) is 6.29 Å². The van der Waals surface area contributed by atoms with Crippen molar-refractivity contribution in [2.45, 2.75) is 38.4 Å². The predicted molar refractivity (Wildman–Crippen MR) is 112 cm³/mol. The summed E-state index contributed by atoms with van der Waals surface area (Å²) in [5.74, 6) is 0.913.